The Hall–Kier alpha value is -0.740. The zero-order valence-electron chi connectivity index (χ0n) is 9.10. The van der Waals surface area contributed by atoms with Gasteiger partial charge < -0.3 is 0 Å². The quantitative estimate of drug-likeness (QED) is 0.386. The molecular formula is C14H21. The fourth-order valence-corrected chi connectivity index (χ4v) is 1.61. The minimum absolute atomic E-state index is 1.08. The molecule has 1 aliphatic rings. The maximum Gasteiger partial charge on any atom is 0.00453 e. The van der Waals surface area contributed by atoms with Crippen LogP contribution in [-0.4, -0.2) is 0 Å². The van der Waals surface area contributed by atoms with Gasteiger partial charge in [0.1, 0.15) is 0 Å². The van der Waals surface area contributed by atoms with Gasteiger partial charge in [-0.25, -0.2) is 0 Å². The Labute approximate surface area is 88.4 Å². The number of hydrogen-bond donors (Lipinski definition) is 0. The van der Waals surface area contributed by atoms with Crippen LogP contribution in [0, 0.1) is 6.08 Å². The molecule has 0 N–H and O–H groups in total. The molecule has 0 unspecified atom stereocenters. The number of hydrogen-bond acceptors (Lipinski definition) is 0. The second-order valence-electron chi connectivity index (χ2n) is 3.88. The lowest BCUT2D eigenvalue weighted by atomic mass is 10.1. The molecule has 0 aromatic carbocycles. The van der Waals surface area contributed by atoms with Gasteiger partial charge in [-0.3, -0.25) is 0 Å². The van der Waals surface area contributed by atoms with Crippen LogP contribution in [0.4, 0.5) is 0 Å². The van der Waals surface area contributed by atoms with Gasteiger partial charge in [-0.1, -0.05) is 18.6 Å². The average Bonchev–Trinajstić information content (AvgIpc) is 2.22. The lowest BCUT2D eigenvalue weighted by Gasteiger charge is -1.96. The summed E-state index contributed by atoms with van der Waals surface area (Å²) in [6.07, 6.45) is 21.4. The van der Waals surface area contributed by atoms with E-state index in [4.69, 9.17) is 0 Å². The highest BCUT2D eigenvalue weighted by molar-refractivity contribution is 4.83. The van der Waals surface area contributed by atoms with Gasteiger partial charge in [0.05, 0.1) is 0 Å². The standard InChI is InChI=1S/C14H21/c1-2-4-6-8-10-12-14-13-11-9-7-5-3-1/h1-2,11H,3-10,12H2/b2-1-. The zero-order valence-corrected chi connectivity index (χ0v) is 9.10. The SMILES string of the molecule is [C]1=C=CCCCC/C=C\CCCCC1. The summed E-state index contributed by atoms with van der Waals surface area (Å²) in [5.41, 5.74) is 3.15. The van der Waals surface area contributed by atoms with Gasteiger partial charge in [0.25, 0.3) is 0 Å². The van der Waals surface area contributed by atoms with Crippen LogP contribution < -0.4 is 0 Å². The van der Waals surface area contributed by atoms with Gasteiger partial charge >= 0.3 is 0 Å². The third-order valence-electron chi connectivity index (χ3n) is 2.51. The van der Waals surface area contributed by atoms with Crippen molar-refractivity contribution in [2.24, 2.45) is 0 Å². The molecule has 0 fully saturated rings. The van der Waals surface area contributed by atoms with Crippen molar-refractivity contribution in [1.82, 2.24) is 0 Å². The average molecular weight is 189 g/mol. The summed E-state index contributed by atoms with van der Waals surface area (Å²) in [6.45, 7) is 0. The summed E-state index contributed by atoms with van der Waals surface area (Å²) in [7, 11) is 0. The molecule has 1 aliphatic carbocycles. The first-order valence-corrected chi connectivity index (χ1v) is 5.95. The predicted molar refractivity (Wildman–Crippen MR) is 62.0 cm³/mol. The van der Waals surface area contributed by atoms with Crippen LogP contribution in [0.5, 0.6) is 0 Å². The lowest BCUT2D eigenvalue weighted by molar-refractivity contribution is 0.687. The third kappa shape index (κ3) is 6.74. The smallest absolute Gasteiger partial charge is 0.00453 e. The van der Waals surface area contributed by atoms with E-state index < -0.39 is 0 Å². The van der Waals surface area contributed by atoms with E-state index in [9.17, 15) is 0 Å². The largest absolute Gasteiger partial charge is 0.121 e. The summed E-state index contributed by atoms with van der Waals surface area (Å²) in [4.78, 5) is 0. The summed E-state index contributed by atoms with van der Waals surface area (Å²) in [6, 6.07) is 0. The molecule has 0 aliphatic heterocycles. The van der Waals surface area contributed by atoms with Crippen LogP contribution in [0.3, 0.4) is 0 Å². The van der Waals surface area contributed by atoms with Gasteiger partial charge in [0.15, 0.2) is 0 Å². The highest BCUT2D eigenvalue weighted by Crippen LogP contribution is 2.06. The van der Waals surface area contributed by atoms with E-state index in [0.29, 0.717) is 0 Å². The normalized spacial score (nSPS) is 22.9. The Kier molecular flexibility index (Phi) is 7.16. The van der Waals surface area contributed by atoms with E-state index in [2.05, 4.69) is 30.0 Å². The second-order valence-corrected chi connectivity index (χ2v) is 3.88. The van der Waals surface area contributed by atoms with E-state index in [1.807, 2.05) is 0 Å². The monoisotopic (exact) mass is 189 g/mol. The molecule has 0 heteroatoms. The number of allylic oxidation sites excluding steroid dienone is 3. The molecule has 0 amide bonds. The van der Waals surface area contributed by atoms with Crippen LogP contribution in [0.25, 0.3) is 0 Å². The van der Waals surface area contributed by atoms with Crippen molar-refractivity contribution in [2.75, 3.05) is 0 Å². The molecule has 1 radical (unpaired) electrons. The molecule has 0 saturated heterocycles. The van der Waals surface area contributed by atoms with Crippen molar-refractivity contribution < 1.29 is 0 Å². The van der Waals surface area contributed by atoms with E-state index in [1.54, 1.807) is 0 Å². The second kappa shape index (κ2) is 8.84. The van der Waals surface area contributed by atoms with Gasteiger partial charge in [-0.15, -0.1) is 5.73 Å². The molecule has 1 rings (SSSR count). The highest BCUT2D eigenvalue weighted by Gasteiger charge is 1.87. The first kappa shape index (κ1) is 11.3. The summed E-state index contributed by atoms with van der Waals surface area (Å²) in [5.74, 6) is 0. The van der Waals surface area contributed by atoms with Crippen molar-refractivity contribution in [2.45, 2.75) is 57.8 Å². The molecule has 77 valence electrons. The van der Waals surface area contributed by atoms with Crippen LogP contribution >= 0.6 is 0 Å². The van der Waals surface area contributed by atoms with Crippen molar-refractivity contribution in [3.63, 3.8) is 0 Å². The van der Waals surface area contributed by atoms with Crippen molar-refractivity contribution in [1.29, 1.82) is 0 Å². The van der Waals surface area contributed by atoms with Crippen LogP contribution in [0.15, 0.2) is 24.0 Å². The lowest BCUT2D eigenvalue weighted by Crippen LogP contribution is -1.77. The summed E-state index contributed by atoms with van der Waals surface area (Å²) in [5, 5.41) is 0. The Bertz CT molecular complexity index is 204. The van der Waals surface area contributed by atoms with Crippen LogP contribution in [0.1, 0.15) is 57.8 Å². The summed E-state index contributed by atoms with van der Waals surface area (Å²) < 4.78 is 0. The predicted octanol–water partition coefficient (Wildman–Crippen LogP) is 4.58. The Morgan fingerprint density at radius 3 is 2.29 bits per heavy atom. The maximum absolute atomic E-state index is 3.22. The Morgan fingerprint density at radius 2 is 1.43 bits per heavy atom. The topological polar surface area (TPSA) is 0 Å². The molecule has 0 bridgehead atoms. The van der Waals surface area contributed by atoms with E-state index in [1.165, 1.54) is 51.4 Å². The van der Waals surface area contributed by atoms with E-state index in [0.717, 1.165) is 6.42 Å². The third-order valence-corrected chi connectivity index (χ3v) is 2.51. The van der Waals surface area contributed by atoms with Gasteiger partial charge in [-0.05, 0) is 57.4 Å². The van der Waals surface area contributed by atoms with Crippen LogP contribution in [-0.2, 0) is 0 Å². The molecular weight excluding hydrogens is 168 g/mol. The Morgan fingerprint density at radius 1 is 0.714 bits per heavy atom. The van der Waals surface area contributed by atoms with Crippen molar-refractivity contribution in [3.8, 4) is 0 Å². The molecule has 0 atom stereocenters. The minimum atomic E-state index is 1.08. The fraction of sp³-hybridized carbons (Fsp3) is 0.643. The Balaban J connectivity index is 2.25. The molecule has 0 nitrogen and oxygen atoms in total. The molecule has 0 aromatic heterocycles. The van der Waals surface area contributed by atoms with Crippen molar-refractivity contribution in [3.05, 3.63) is 30.0 Å². The van der Waals surface area contributed by atoms with Crippen molar-refractivity contribution >= 4 is 0 Å². The molecule has 0 spiro atoms. The van der Waals surface area contributed by atoms with E-state index in [-0.39, 0.29) is 0 Å². The molecule has 0 aromatic rings. The maximum atomic E-state index is 3.22. The minimum Gasteiger partial charge on any atom is -0.121 e. The molecule has 0 heterocycles. The van der Waals surface area contributed by atoms with E-state index >= 15 is 0 Å². The molecule has 0 saturated carbocycles. The van der Waals surface area contributed by atoms with Gasteiger partial charge in [0, 0.05) is 6.08 Å². The highest BCUT2D eigenvalue weighted by atomic mass is 13.9. The van der Waals surface area contributed by atoms with Gasteiger partial charge in [0.2, 0.25) is 0 Å². The fourth-order valence-electron chi connectivity index (χ4n) is 1.61. The first-order valence-electron chi connectivity index (χ1n) is 5.95. The summed E-state index contributed by atoms with van der Waals surface area (Å²) >= 11 is 0. The first-order chi connectivity index (χ1) is 7.00. The number of rotatable bonds is 0. The van der Waals surface area contributed by atoms with Crippen LogP contribution in [0.2, 0.25) is 0 Å². The van der Waals surface area contributed by atoms with Gasteiger partial charge in [-0.2, -0.15) is 0 Å². The zero-order chi connectivity index (χ0) is 9.90. The molecule has 14 heavy (non-hydrogen) atoms.